The van der Waals surface area contributed by atoms with Gasteiger partial charge in [-0.1, -0.05) is 6.07 Å². The predicted octanol–water partition coefficient (Wildman–Crippen LogP) is 2.49. The summed E-state index contributed by atoms with van der Waals surface area (Å²) in [4.78, 5) is 25.1. The minimum absolute atomic E-state index is 0.117. The van der Waals surface area contributed by atoms with E-state index in [-0.39, 0.29) is 17.1 Å². The van der Waals surface area contributed by atoms with Crippen LogP contribution in [0.4, 0.5) is 5.82 Å². The number of nitrogens with two attached hydrogens (primary N) is 2. The van der Waals surface area contributed by atoms with E-state index < -0.39 is 5.91 Å². The monoisotopic (exact) mass is 374 g/mol. The van der Waals surface area contributed by atoms with Crippen molar-refractivity contribution in [2.24, 2.45) is 5.73 Å². The van der Waals surface area contributed by atoms with Crippen LogP contribution in [0.2, 0.25) is 0 Å². The molecule has 0 spiro atoms. The third-order valence-electron chi connectivity index (χ3n) is 4.76. The van der Waals surface area contributed by atoms with Crippen LogP contribution >= 0.6 is 0 Å². The molecule has 140 valence electrons. The Labute approximate surface area is 160 Å². The molecule has 0 aliphatic heterocycles. The average molecular weight is 374 g/mol. The number of rotatable bonds is 3. The van der Waals surface area contributed by atoms with Crippen LogP contribution in [0.5, 0.6) is 5.75 Å². The van der Waals surface area contributed by atoms with E-state index in [9.17, 15) is 9.90 Å². The number of hydrogen-bond acceptors (Lipinski definition) is 6. The van der Waals surface area contributed by atoms with Gasteiger partial charge in [0.25, 0.3) is 5.91 Å². The highest BCUT2D eigenvalue weighted by molar-refractivity contribution is 6.11. The smallest absolute Gasteiger partial charge is 0.253 e. The van der Waals surface area contributed by atoms with Crippen LogP contribution in [0, 0.1) is 13.8 Å². The number of primary amides is 1. The van der Waals surface area contributed by atoms with Gasteiger partial charge < -0.3 is 16.6 Å². The van der Waals surface area contributed by atoms with E-state index in [0.717, 1.165) is 11.1 Å². The molecule has 0 atom stereocenters. The summed E-state index contributed by atoms with van der Waals surface area (Å²) in [6.07, 6.45) is 4.84. The van der Waals surface area contributed by atoms with Gasteiger partial charge in [0.2, 0.25) is 0 Å². The van der Waals surface area contributed by atoms with Gasteiger partial charge in [-0.2, -0.15) is 0 Å². The molecule has 0 radical (unpaired) electrons. The first kappa shape index (κ1) is 17.5. The van der Waals surface area contributed by atoms with Crippen molar-refractivity contribution >= 4 is 22.8 Å². The van der Waals surface area contributed by atoms with Crippen LogP contribution in [-0.2, 0) is 0 Å². The maximum Gasteiger partial charge on any atom is 0.253 e. The first-order valence-electron chi connectivity index (χ1n) is 8.56. The van der Waals surface area contributed by atoms with Gasteiger partial charge in [0.15, 0.2) is 11.5 Å². The van der Waals surface area contributed by atoms with Gasteiger partial charge in [-0.15, -0.1) is 0 Å². The number of anilines is 1. The molecule has 8 nitrogen and oxygen atoms in total. The Morgan fingerprint density at radius 3 is 2.54 bits per heavy atom. The summed E-state index contributed by atoms with van der Waals surface area (Å²) in [6.45, 7) is 3.67. The maximum atomic E-state index is 12.1. The normalized spacial score (nSPS) is 11.1. The van der Waals surface area contributed by atoms with Crippen LogP contribution < -0.4 is 11.5 Å². The largest absolute Gasteiger partial charge is 0.508 e. The molecular weight excluding hydrogens is 356 g/mol. The van der Waals surface area contributed by atoms with Crippen molar-refractivity contribution in [3.05, 3.63) is 59.5 Å². The van der Waals surface area contributed by atoms with Gasteiger partial charge >= 0.3 is 0 Å². The van der Waals surface area contributed by atoms with E-state index in [0.29, 0.717) is 28.1 Å². The summed E-state index contributed by atoms with van der Waals surface area (Å²) in [5.41, 5.74) is 15.4. The Balaban J connectivity index is 2.12. The Morgan fingerprint density at radius 2 is 1.86 bits per heavy atom. The van der Waals surface area contributed by atoms with Gasteiger partial charge in [0.1, 0.15) is 11.6 Å². The fraction of sp³-hybridized carbons (Fsp3) is 0.100. The van der Waals surface area contributed by atoms with Crippen molar-refractivity contribution in [3.63, 3.8) is 0 Å². The molecule has 1 amide bonds. The number of carbonyl (C=O) groups excluding carboxylic acids is 1. The molecule has 3 aromatic heterocycles. The molecule has 8 heteroatoms. The molecule has 0 fully saturated rings. The molecule has 28 heavy (non-hydrogen) atoms. The minimum Gasteiger partial charge on any atom is -0.508 e. The Bertz CT molecular complexity index is 1230. The standard InChI is InChI=1S/C20H18N6O2/c1-10-3-4-14(27)11(2)16(10)26-17(21)15(18(22)28)13-9-24-19(25-20(13)26)12-5-7-23-8-6-12/h3-9,27H,21H2,1-2H3,(H2,22,28). The van der Waals surface area contributed by atoms with E-state index >= 15 is 0 Å². The highest BCUT2D eigenvalue weighted by Crippen LogP contribution is 2.35. The quantitative estimate of drug-likeness (QED) is 0.504. The molecule has 0 aliphatic rings. The highest BCUT2D eigenvalue weighted by atomic mass is 16.3. The molecule has 3 heterocycles. The second-order valence-corrected chi connectivity index (χ2v) is 6.50. The lowest BCUT2D eigenvalue weighted by Gasteiger charge is -2.15. The second-order valence-electron chi connectivity index (χ2n) is 6.50. The van der Waals surface area contributed by atoms with E-state index in [1.54, 1.807) is 54.3 Å². The summed E-state index contributed by atoms with van der Waals surface area (Å²) >= 11 is 0. The number of amides is 1. The van der Waals surface area contributed by atoms with Crippen molar-refractivity contribution in [2.75, 3.05) is 5.73 Å². The molecule has 4 aromatic rings. The summed E-state index contributed by atoms with van der Waals surface area (Å²) in [7, 11) is 0. The zero-order chi connectivity index (χ0) is 20.0. The van der Waals surface area contributed by atoms with Crippen LogP contribution in [-0.4, -0.2) is 30.5 Å². The van der Waals surface area contributed by atoms with E-state index in [1.807, 2.05) is 6.92 Å². The van der Waals surface area contributed by atoms with Gasteiger partial charge in [-0.3, -0.25) is 14.3 Å². The number of carbonyl (C=O) groups is 1. The van der Waals surface area contributed by atoms with Crippen LogP contribution in [0.15, 0.2) is 42.9 Å². The zero-order valence-electron chi connectivity index (χ0n) is 15.3. The number of pyridine rings is 1. The van der Waals surface area contributed by atoms with Crippen LogP contribution in [0.1, 0.15) is 21.5 Å². The van der Waals surface area contributed by atoms with Gasteiger partial charge in [-0.25, -0.2) is 9.97 Å². The number of phenols is 1. The first-order valence-corrected chi connectivity index (χ1v) is 8.56. The van der Waals surface area contributed by atoms with E-state index in [4.69, 9.17) is 11.5 Å². The SMILES string of the molecule is Cc1ccc(O)c(C)c1-n1c(N)c(C(N)=O)c2cnc(-c3ccncc3)nc21. The van der Waals surface area contributed by atoms with Gasteiger partial charge in [0.05, 0.1) is 16.6 Å². The summed E-state index contributed by atoms with van der Waals surface area (Å²) in [5.74, 6) is 0.0588. The van der Waals surface area contributed by atoms with Crippen LogP contribution in [0.25, 0.3) is 28.1 Å². The third-order valence-corrected chi connectivity index (χ3v) is 4.76. The summed E-state index contributed by atoms with van der Waals surface area (Å²) < 4.78 is 1.65. The average Bonchev–Trinajstić information content (AvgIpc) is 2.97. The number of nitrogens with zero attached hydrogens (tertiary/aromatic N) is 4. The molecule has 0 saturated carbocycles. The number of benzene rings is 1. The minimum atomic E-state index is -0.669. The maximum absolute atomic E-state index is 12.1. The van der Waals surface area contributed by atoms with Crippen molar-refractivity contribution in [2.45, 2.75) is 13.8 Å². The molecule has 0 bridgehead atoms. The molecule has 0 aliphatic carbocycles. The fourth-order valence-electron chi connectivity index (χ4n) is 3.38. The van der Waals surface area contributed by atoms with E-state index in [2.05, 4.69) is 15.0 Å². The lowest BCUT2D eigenvalue weighted by molar-refractivity contribution is 0.100. The number of nitrogen functional groups attached to an aromatic ring is 1. The lowest BCUT2D eigenvalue weighted by atomic mass is 10.1. The van der Waals surface area contributed by atoms with Gasteiger partial charge in [-0.05, 0) is 37.6 Å². The second kappa shape index (κ2) is 6.34. The Hall–Kier alpha value is -3.94. The lowest BCUT2D eigenvalue weighted by Crippen LogP contribution is -2.14. The number of hydrogen-bond donors (Lipinski definition) is 3. The highest BCUT2D eigenvalue weighted by Gasteiger charge is 2.24. The zero-order valence-corrected chi connectivity index (χ0v) is 15.3. The molecule has 0 saturated heterocycles. The molecular formula is C20H18N6O2. The topological polar surface area (TPSA) is 133 Å². The summed E-state index contributed by atoms with van der Waals surface area (Å²) in [5, 5.41) is 10.7. The van der Waals surface area contributed by atoms with Crippen molar-refractivity contribution in [1.82, 2.24) is 19.5 Å². The first-order chi connectivity index (χ1) is 13.4. The number of fused-ring (bicyclic) bond motifs is 1. The number of aromatic hydroxyl groups is 1. The van der Waals surface area contributed by atoms with Gasteiger partial charge in [0, 0.05) is 29.7 Å². The van der Waals surface area contributed by atoms with Crippen molar-refractivity contribution in [3.8, 4) is 22.8 Å². The molecule has 1 aromatic carbocycles. The van der Waals surface area contributed by atoms with E-state index in [1.165, 1.54) is 0 Å². The van der Waals surface area contributed by atoms with Crippen LogP contribution in [0.3, 0.4) is 0 Å². The fourth-order valence-corrected chi connectivity index (χ4v) is 3.38. The molecule has 0 unspecified atom stereocenters. The molecule has 5 N–H and O–H groups in total. The number of aryl methyl sites for hydroxylation is 1. The Kier molecular flexibility index (Phi) is 3.96. The molecule has 4 rings (SSSR count). The van der Waals surface area contributed by atoms with Crippen molar-refractivity contribution < 1.29 is 9.90 Å². The summed E-state index contributed by atoms with van der Waals surface area (Å²) in [6, 6.07) is 6.97. The number of aromatic nitrogens is 4. The van der Waals surface area contributed by atoms with Crippen molar-refractivity contribution in [1.29, 1.82) is 0 Å². The third kappa shape index (κ3) is 2.54. The Morgan fingerprint density at radius 1 is 1.14 bits per heavy atom. The predicted molar refractivity (Wildman–Crippen MR) is 106 cm³/mol. The number of phenolic OH excluding ortho intramolecular Hbond substituents is 1.